The molecular formula is C20H15F3N4O3S. The number of anilines is 2. The molecule has 3 aromatic rings. The summed E-state index contributed by atoms with van der Waals surface area (Å²) >= 11 is 0.964. The van der Waals surface area contributed by atoms with Crippen LogP contribution < -0.4 is 16.6 Å². The molecule has 11 heteroatoms. The molecule has 0 fully saturated rings. The van der Waals surface area contributed by atoms with Crippen LogP contribution in [0.2, 0.25) is 0 Å². The van der Waals surface area contributed by atoms with E-state index in [-0.39, 0.29) is 33.8 Å². The highest BCUT2D eigenvalue weighted by Gasteiger charge is 2.30. The standard InChI is InChI=1S/C20H15F3N4O3S/c21-20(22,23)13-8-6-12(7-9-13)17(29)25-15-16(24)26-19(27-18(15)30)31-10-14(28)11-4-2-1-3-5-11/h1-9H,10H2,(H,25,29)(H3,24,26,27,30). The van der Waals surface area contributed by atoms with Gasteiger partial charge in [-0.25, -0.2) is 4.98 Å². The Bertz CT molecular complexity index is 1160. The van der Waals surface area contributed by atoms with E-state index in [2.05, 4.69) is 15.3 Å². The Kier molecular flexibility index (Phi) is 6.44. The Morgan fingerprint density at radius 3 is 2.26 bits per heavy atom. The fourth-order valence-corrected chi connectivity index (χ4v) is 3.26. The minimum absolute atomic E-state index is 0.00362. The van der Waals surface area contributed by atoms with Gasteiger partial charge in [-0.05, 0) is 24.3 Å². The third kappa shape index (κ3) is 5.51. The van der Waals surface area contributed by atoms with Crippen molar-refractivity contribution in [3.8, 4) is 0 Å². The van der Waals surface area contributed by atoms with Crippen molar-refractivity contribution in [2.45, 2.75) is 11.3 Å². The molecule has 0 aliphatic heterocycles. The third-order valence-corrected chi connectivity index (χ3v) is 4.95. The molecule has 0 atom stereocenters. The first-order valence-corrected chi connectivity index (χ1v) is 9.73. The SMILES string of the molecule is Nc1nc(SCC(=O)c2ccccc2)[nH]c(=O)c1NC(=O)c1ccc(C(F)(F)F)cc1. The van der Waals surface area contributed by atoms with E-state index in [4.69, 9.17) is 5.73 Å². The summed E-state index contributed by atoms with van der Waals surface area (Å²) in [7, 11) is 0. The van der Waals surface area contributed by atoms with Crippen molar-refractivity contribution in [2.75, 3.05) is 16.8 Å². The number of Topliss-reactive ketones (excluding diaryl/α,β-unsaturated/α-hetero) is 1. The Hall–Kier alpha value is -3.60. The van der Waals surface area contributed by atoms with E-state index >= 15 is 0 Å². The first-order chi connectivity index (χ1) is 14.6. The van der Waals surface area contributed by atoms with Gasteiger partial charge in [-0.2, -0.15) is 13.2 Å². The van der Waals surface area contributed by atoms with Gasteiger partial charge in [0.1, 0.15) is 5.69 Å². The van der Waals surface area contributed by atoms with Crippen molar-refractivity contribution in [2.24, 2.45) is 0 Å². The molecule has 0 saturated carbocycles. The van der Waals surface area contributed by atoms with Crippen molar-refractivity contribution < 1.29 is 22.8 Å². The number of hydrogen-bond acceptors (Lipinski definition) is 6. The summed E-state index contributed by atoms with van der Waals surface area (Å²) in [5, 5.41) is 2.33. The normalized spacial score (nSPS) is 11.2. The number of H-pyrrole nitrogens is 1. The number of aromatic nitrogens is 2. The average molecular weight is 448 g/mol. The van der Waals surface area contributed by atoms with Gasteiger partial charge in [0.15, 0.2) is 16.8 Å². The van der Waals surface area contributed by atoms with Crippen LogP contribution in [0.25, 0.3) is 0 Å². The molecule has 1 heterocycles. The number of aromatic amines is 1. The maximum atomic E-state index is 12.6. The summed E-state index contributed by atoms with van der Waals surface area (Å²) in [6, 6.07) is 12.0. The van der Waals surface area contributed by atoms with E-state index in [1.165, 1.54) is 0 Å². The summed E-state index contributed by atoms with van der Waals surface area (Å²) in [5.41, 5.74) is 4.15. The van der Waals surface area contributed by atoms with E-state index < -0.39 is 23.2 Å². The quantitative estimate of drug-likeness (QED) is 0.301. The summed E-state index contributed by atoms with van der Waals surface area (Å²) in [4.78, 5) is 43.1. The van der Waals surface area contributed by atoms with Gasteiger partial charge in [0.2, 0.25) is 0 Å². The zero-order valence-corrected chi connectivity index (χ0v) is 16.5. The lowest BCUT2D eigenvalue weighted by Crippen LogP contribution is -2.23. The number of rotatable bonds is 6. The number of hydrogen-bond donors (Lipinski definition) is 3. The topological polar surface area (TPSA) is 118 Å². The first-order valence-electron chi connectivity index (χ1n) is 8.74. The van der Waals surface area contributed by atoms with Crippen LogP contribution in [0.15, 0.2) is 64.5 Å². The summed E-state index contributed by atoms with van der Waals surface area (Å²) in [5.74, 6) is -1.29. The smallest absolute Gasteiger partial charge is 0.382 e. The number of thioether (sulfide) groups is 1. The molecule has 2 aromatic carbocycles. The van der Waals surface area contributed by atoms with E-state index in [1.807, 2.05) is 0 Å². The summed E-state index contributed by atoms with van der Waals surface area (Å²) < 4.78 is 37.9. The maximum Gasteiger partial charge on any atom is 0.416 e. The zero-order chi connectivity index (χ0) is 22.6. The maximum absolute atomic E-state index is 12.6. The number of halogens is 3. The van der Waals surface area contributed by atoms with Crippen LogP contribution >= 0.6 is 11.8 Å². The van der Waals surface area contributed by atoms with Gasteiger partial charge >= 0.3 is 6.18 Å². The average Bonchev–Trinajstić information content (AvgIpc) is 2.74. The van der Waals surface area contributed by atoms with Gasteiger partial charge in [-0.1, -0.05) is 42.1 Å². The van der Waals surface area contributed by atoms with Crippen molar-refractivity contribution in [1.29, 1.82) is 0 Å². The number of ketones is 1. The van der Waals surface area contributed by atoms with E-state index in [0.717, 1.165) is 36.0 Å². The van der Waals surface area contributed by atoms with Crippen LogP contribution in [0, 0.1) is 0 Å². The van der Waals surface area contributed by atoms with Crippen molar-refractivity contribution in [3.63, 3.8) is 0 Å². The number of carbonyl (C=O) groups is 2. The number of alkyl halides is 3. The molecule has 7 nitrogen and oxygen atoms in total. The van der Waals surface area contributed by atoms with E-state index in [1.54, 1.807) is 30.3 Å². The van der Waals surface area contributed by atoms with Gasteiger partial charge in [0.05, 0.1) is 11.3 Å². The Morgan fingerprint density at radius 2 is 1.68 bits per heavy atom. The van der Waals surface area contributed by atoms with Crippen LogP contribution in [0.5, 0.6) is 0 Å². The van der Waals surface area contributed by atoms with Crippen molar-refractivity contribution in [3.05, 3.63) is 81.6 Å². The predicted octanol–water partition coefficient (Wildman–Crippen LogP) is 3.60. The molecule has 0 aliphatic rings. The molecule has 0 radical (unpaired) electrons. The van der Waals surface area contributed by atoms with Gasteiger partial charge in [-0.15, -0.1) is 0 Å². The summed E-state index contributed by atoms with van der Waals surface area (Å²) in [6.45, 7) is 0. The van der Waals surface area contributed by atoms with Crippen LogP contribution in [0.4, 0.5) is 24.7 Å². The fourth-order valence-electron chi connectivity index (χ4n) is 2.50. The van der Waals surface area contributed by atoms with Gasteiger partial charge in [0.25, 0.3) is 11.5 Å². The van der Waals surface area contributed by atoms with Crippen LogP contribution in [-0.4, -0.2) is 27.4 Å². The molecule has 0 unspecified atom stereocenters. The lowest BCUT2D eigenvalue weighted by molar-refractivity contribution is -0.137. The highest BCUT2D eigenvalue weighted by Crippen LogP contribution is 2.29. The highest BCUT2D eigenvalue weighted by atomic mass is 32.2. The molecule has 0 aliphatic carbocycles. The number of amides is 1. The number of nitrogen functional groups attached to an aromatic ring is 1. The third-order valence-electron chi connectivity index (χ3n) is 4.07. The van der Waals surface area contributed by atoms with Crippen LogP contribution in [-0.2, 0) is 6.18 Å². The molecule has 3 rings (SSSR count). The lowest BCUT2D eigenvalue weighted by atomic mass is 10.1. The second-order valence-electron chi connectivity index (χ2n) is 6.24. The van der Waals surface area contributed by atoms with Crippen molar-refractivity contribution >= 4 is 35.0 Å². The predicted molar refractivity (Wildman–Crippen MR) is 110 cm³/mol. The van der Waals surface area contributed by atoms with E-state index in [0.29, 0.717) is 5.56 Å². The number of nitrogens with one attached hydrogen (secondary N) is 2. The Morgan fingerprint density at radius 1 is 1.03 bits per heavy atom. The highest BCUT2D eigenvalue weighted by molar-refractivity contribution is 7.99. The largest absolute Gasteiger partial charge is 0.416 e. The van der Waals surface area contributed by atoms with Crippen LogP contribution in [0.1, 0.15) is 26.3 Å². The molecular weight excluding hydrogens is 433 g/mol. The summed E-state index contributed by atoms with van der Waals surface area (Å²) in [6.07, 6.45) is -4.53. The minimum atomic E-state index is -4.53. The second-order valence-corrected chi connectivity index (χ2v) is 7.20. The molecule has 1 amide bonds. The monoisotopic (exact) mass is 448 g/mol. The molecule has 0 spiro atoms. The van der Waals surface area contributed by atoms with Gasteiger partial charge < -0.3 is 11.1 Å². The Balaban J connectivity index is 1.69. The first kappa shape index (κ1) is 22.1. The number of nitrogens with zero attached hydrogens (tertiary/aromatic N) is 1. The molecule has 31 heavy (non-hydrogen) atoms. The van der Waals surface area contributed by atoms with E-state index in [9.17, 15) is 27.6 Å². The molecule has 1 aromatic heterocycles. The van der Waals surface area contributed by atoms with Crippen molar-refractivity contribution in [1.82, 2.24) is 9.97 Å². The minimum Gasteiger partial charge on any atom is -0.382 e. The zero-order valence-electron chi connectivity index (χ0n) is 15.7. The number of carbonyl (C=O) groups excluding carboxylic acids is 2. The molecule has 0 saturated heterocycles. The van der Waals surface area contributed by atoms with Gasteiger partial charge in [-0.3, -0.25) is 19.4 Å². The Labute approximate surface area is 177 Å². The number of benzene rings is 2. The number of nitrogens with two attached hydrogens (primary N) is 1. The second kappa shape index (κ2) is 9.04. The molecule has 160 valence electrons. The molecule has 0 bridgehead atoms. The molecule has 4 N–H and O–H groups in total. The fraction of sp³-hybridized carbons (Fsp3) is 0.100. The van der Waals surface area contributed by atoms with Gasteiger partial charge in [0, 0.05) is 11.1 Å². The lowest BCUT2D eigenvalue weighted by Gasteiger charge is -2.10. The van der Waals surface area contributed by atoms with Crippen LogP contribution in [0.3, 0.4) is 0 Å².